The van der Waals surface area contributed by atoms with Crippen LogP contribution in [0.2, 0.25) is 0 Å². The molecule has 0 saturated carbocycles. The fourth-order valence-electron chi connectivity index (χ4n) is 0.861. The predicted octanol–water partition coefficient (Wildman–Crippen LogP) is 2.04. The largest absolute Gasteiger partial charge is 0.404 e. The van der Waals surface area contributed by atoms with Gasteiger partial charge in [0.15, 0.2) is 0 Å². The lowest BCUT2D eigenvalue weighted by Gasteiger charge is -1.87. The van der Waals surface area contributed by atoms with Crippen molar-refractivity contribution in [2.75, 3.05) is 5.75 Å². The summed E-state index contributed by atoms with van der Waals surface area (Å²) in [5, 5.41) is 14.2. The Balaban J connectivity index is 2.76. The van der Waals surface area contributed by atoms with Crippen molar-refractivity contribution in [1.29, 1.82) is 0 Å². The number of thiol groups is 1. The summed E-state index contributed by atoms with van der Waals surface area (Å²) in [5.74, 6) is 0.481. The molecular formula is C7H8BrN3O2S. The standard InChI is InChI=1S/C7H8BrN3O2S/c8-6-5-10(3-1-2-4-14)9-7(6)11(12)13/h1-2,5,14H,3-4H2. The van der Waals surface area contributed by atoms with Crippen LogP contribution in [0, 0.1) is 10.1 Å². The number of nitro groups is 1. The minimum atomic E-state index is -0.525. The zero-order valence-electron chi connectivity index (χ0n) is 7.13. The van der Waals surface area contributed by atoms with E-state index in [0.717, 1.165) is 0 Å². The first kappa shape index (κ1) is 11.3. The van der Waals surface area contributed by atoms with Crippen molar-refractivity contribution in [3.63, 3.8) is 0 Å². The van der Waals surface area contributed by atoms with E-state index in [2.05, 4.69) is 33.7 Å². The molecule has 5 nitrogen and oxygen atoms in total. The minimum absolute atomic E-state index is 0.163. The SMILES string of the molecule is O=[N+]([O-])c1nn(CC=CCS)cc1Br. The van der Waals surface area contributed by atoms with Gasteiger partial charge in [0, 0.05) is 5.75 Å². The molecule has 0 bridgehead atoms. The molecule has 0 aromatic carbocycles. The molecule has 0 atom stereocenters. The van der Waals surface area contributed by atoms with Crippen molar-refractivity contribution in [2.24, 2.45) is 0 Å². The normalized spacial score (nSPS) is 11.0. The Labute approximate surface area is 94.5 Å². The maximum Gasteiger partial charge on any atom is 0.404 e. The van der Waals surface area contributed by atoms with E-state index in [-0.39, 0.29) is 5.82 Å². The molecule has 0 N–H and O–H groups in total. The number of hydrogen-bond acceptors (Lipinski definition) is 4. The van der Waals surface area contributed by atoms with Gasteiger partial charge in [-0.3, -0.25) is 0 Å². The molecule has 1 rings (SSSR count). The van der Waals surface area contributed by atoms with Crippen molar-refractivity contribution < 1.29 is 4.92 Å². The molecule has 0 unspecified atom stereocenters. The molecule has 0 aliphatic rings. The Hall–Kier alpha value is -0.820. The fraction of sp³-hybridized carbons (Fsp3) is 0.286. The zero-order chi connectivity index (χ0) is 10.6. The van der Waals surface area contributed by atoms with Crippen LogP contribution in [0.25, 0.3) is 0 Å². The summed E-state index contributed by atoms with van der Waals surface area (Å²) in [6.45, 7) is 0.507. The summed E-state index contributed by atoms with van der Waals surface area (Å²) < 4.78 is 1.88. The number of nitrogens with zero attached hydrogens (tertiary/aromatic N) is 3. The quantitative estimate of drug-likeness (QED) is 0.397. The van der Waals surface area contributed by atoms with Gasteiger partial charge in [-0.2, -0.15) is 17.3 Å². The van der Waals surface area contributed by atoms with Crippen LogP contribution in [0.15, 0.2) is 22.8 Å². The van der Waals surface area contributed by atoms with Gasteiger partial charge in [-0.05, 0) is 20.9 Å². The third kappa shape index (κ3) is 2.85. The van der Waals surface area contributed by atoms with Crippen LogP contribution in [-0.2, 0) is 6.54 Å². The molecule has 76 valence electrons. The molecule has 1 aromatic heterocycles. The first-order valence-corrected chi connectivity index (χ1v) is 5.21. The van der Waals surface area contributed by atoms with Crippen LogP contribution in [0.5, 0.6) is 0 Å². The van der Waals surface area contributed by atoms with Crippen LogP contribution in [0.4, 0.5) is 5.82 Å². The van der Waals surface area contributed by atoms with Gasteiger partial charge in [-0.25, -0.2) is 0 Å². The van der Waals surface area contributed by atoms with Gasteiger partial charge >= 0.3 is 5.82 Å². The second-order valence-electron chi connectivity index (χ2n) is 2.43. The van der Waals surface area contributed by atoms with E-state index in [1.165, 1.54) is 4.68 Å². The van der Waals surface area contributed by atoms with Crippen LogP contribution in [0.1, 0.15) is 0 Å². The van der Waals surface area contributed by atoms with Gasteiger partial charge in [0.1, 0.15) is 4.47 Å². The lowest BCUT2D eigenvalue weighted by molar-refractivity contribution is -0.390. The summed E-state index contributed by atoms with van der Waals surface area (Å²) in [7, 11) is 0. The van der Waals surface area contributed by atoms with Crippen LogP contribution in [0.3, 0.4) is 0 Å². The first-order chi connectivity index (χ1) is 6.65. The lowest BCUT2D eigenvalue weighted by Crippen LogP contribution is -1.97. The van der Waals surface area contributed by atoms with Gasteiger partial charge in [0.25, 0.3) is 0 Å². The zero-order valence-corrected chi connectivity index (χ0v) is 9.61. The van der Waals surface area contributed by atoms with Crippen molar-refractivity contribution in [3.8, 4) is 0 Å². The van der Waals surface area contributed by atoms with E-state index >= 15 is 0 Å². The highest BCUT2D eigenvalue weighted by atomic mass is 79.9. The minimum Gasteiger partial charge on any atom is -0.358 e. The average Bonchev–Trinajstić information content (AvgIpc) is 2.47. The number of aromatic nitrogens is 2. The van der Waals surface area contributed by atoms with Gasteiger partial charge < -0.3 is 10.1 Å². The molecule has 0 fully saturated rings. The number of halogens is 1. The Morgan fingerprint density at radius 2 is 2.43 bits per heavy atom. The molecule has 0 spiro atoms. The summed E-state index contributed by atoms with van der Waals surface area (Å²) in [5.41, 5.74) is 0. The predicted molar refractivity (Wildman–Crippen MR) is 59.6 cm³/mol. The molecule has 14 heavy (non-hydrogen) atoms. The summed E-state index contributed by atoms with van der Waals surface area (Å²) in [4.78, 5) is 9.91. The van der Waals surface area contributed by atoms with Gasteiger partial charge in [-0.15, -0.1) is 0 Å². The summed E-state index contributed by atoms with van der Waals surface area (Å²) in [6.07, 6.45) is 5.27. The van der Waals surface area contributed by atoms with E-state index in [4.69, 9.17) is 0 Å². The van der Waals surface area contributed by atoms with E-state index < -0.39 is 4.92 Å². The van der Waals surface area contributed by atoms with Crippen molar-refractivity contribution in [2.45, 2.75) is 6.54 Å². The van der Waals surface area contributed by atoms with Crippen molar-refractivity contribution in [3.05, 3.63) is 32.9 Å². The third-order valence-electron chi connectivity index (χ3n) is 1.44. The fourth-order valence-corrected chi connectivity index (χ4v) is 1.47. The molecule has 0 aliphatic heterocycles. The van der Waals surface area contributed by atoms with Crippen LogP contribution in [-0.4, -0.2) is 20.5 Å². The van der Waals surface area contributed by atoms with Crippen molar-refractivity contribution >= 4 is 34.4 Å². The summed E-state index contributed by atoms with van der Waals surface area (Å²) in [6, 6.07) is 0. The van der Waals surface area contributed by atoms with Gasteiger partial charge in [-0.1, -0.05) is 12.2 Å². The van der Waals surface area contributed by atoms with E-state index in [1.54, 1.807) is 6.20 Å². The Morgan fingerprint density at radius 3 is 2.93 bits per heavy atom. The highest BCUT2D eigenvalue weighted by Crippen LogP contribution is 2.21. The Bertz CT molecular complexity index is 364. The molecular weight excluding hydrogens is 270 g/mol. The molecule has 0 radical (unpaired) electrons. The lowest BCUT2D eigenvalue weighted by atomic mass is 10.5. The monoisotopic (exact) mass is 277 g/mol. The number of hydrogen-bond donors (Lipinski definition) is 1. The van der Waals surface area contributed by atoms with Gasteiger partial charge in [0.2, 0.25) is 0 Å². The second-order valence-corrected chi connectivity index (χ2v) is 3.65. The topological polar surface area (TPSA) is 61.0 Å². The third-order valence-corrected chi connectivity index (χ3v) is 2.21. The highest BCUT2D eigenvalue weighted by molar-refractivity contribution is 9.10. The highest BCUT2D eigenvalue weighted by Gasteiger charge is 2.17. The van der Waals surface area contributed by atoms with Gasteiger partial charge in [0.05, 0.1) is 17.8 Å². The van der Waals surface area contributed by atoms with Crippen LogP contribution >= 0.6 is 28.6 Å². The first-order valence-electron chi connectivity index (χ1n) is 3.78. The van der Waals surface area contributed by atoms with Crippen molar-refractivity contribution in [1.82, 2.24) is 9.78 Å². The molecule has 1 aromatic rings. The van der Waals surface area contributed by atoms with E-state index in [0.29, 0.717) is 16.8 Å². The summed E-state index contributed by atoms with van der Waals surface area (Å²) >= 11 is 7.05. The molecule has 7 heteroatoms. The number of rotatable bonds is 4. The Kier molecular flexibility index (Phi) is 4.15. The average molecular weight is 278 g/mol. The van der Waals surface area contributed by atoms with E-state index in [9.17, 15) is 10.1 Å². The number of allylic oxidation sites excluding steroid dienone is 1. The van der Waals surface area contributed by atoms with Crippen LogP contribution < -0.4 is 0 Å². The van der Waals surface area contributed by atoms with E-state index in [1.807, 2.05) is 12.2 Å². The molecule has 0 amide bonds. The molecule has 0 aliphatic carbocycles. The molecule has 0 saturated heterocycles. The Morgan fingerprint density at radius 1 is 1.71 bits per heavy atom. The maximum absolute atomic E-state index is 10.4. The molecule has 1 heterocycles. The second kappa shape index (κ2) is 5.16. The smallest absolute Gasteiger partial charge is 0.358 e. The maximum atomic E-state index is 10.4.